The van der Waals surface area contributed by atoms with Gasteiger partial charge in [0.05, 0.1) is 17.6 Å². The number of aliphatic hydroxyl groups excluding tert-OH is 1. The molecule has 4 aromatic rings. The molecule has 9 heteroatoms. The Kier molecular flexibility index (Phi) is 7.13. The van der Waals surface area contributed by atoms with E-state index in [1.165, 1.54) is 24.3 Å². The van der Waals surface area contributed by atoms with E-state index >= 15 is 0 Å². The standard InChI is InChI=1S/C32H29F2N3O4/c33-23-11-6-8-21(16-23)19-37-29(22-9-2-1-3-10-22)27(38)18-32(31(37)40)14-7-15-36(20-32)30(39)28-17-26(35-41-28)24-12-4-5-13-25(24)34/h1-6,8-13,16-17,27,29,38H,7,14-15,18-20H2/t27-,29+,32+/m1/s1. The van der Waals surface area contributed by atoms with Crippen LogP contribution in [-0.2, 0) is 11.3 Å². The van der Waals surface area contributed by atoms with Crippen LogP contribution in [0.25, 0.3) is 11.3 Å². The first kappa shape index (κ1) is 26.8. The Morgan fingerprint density at radius 3 is 2.59 bits per heavy atom. The molecule has 1 aromatic heterocycles. The molecule has 7 nitrogen and oxygen atoms in total. The van der Waals surface area contributed by atoms with Crippen molar-refractivity contribution in [2.75, 3.05) is 13.1 Å². The first-order valence-corrected chi connectivity index (χ1v) is 13.6. The quantitative estimate of drug-likeness (QED) is 0.356. The van der Waals surface area contributed by atoms with Crippen LogP contribution in [0.2, 0.25) is 0 Å². The van der Waals surface area contributed by atoms with E-state index in [1.54, 1.807) is 40.1 Å². The highest BCUT2D eigenvalue weighted by Gasteiger charge is 2.53. The van der Waals surface area contributed by atoms with Gasteiger partial charge >= 0.3 is 0 Å². The minimum absolute atomic E-state index is 0.0529. The average molecular weight is 558 g/mol. The molecule has 3 heterocycles. The van der Waals surface area contributed by atoms with E-state index in [1.807, 2.05) is 30.3 Å². The zero-order chi connectivity index (χ0) is 28.6. The first-order chi connectivity index (χ1) is 19.8. The Morgan fingerprint density at radius 1 is 1.02 bits per heavy atom. The van der Waals surface area contributed by atoms with Crippen LogP contribution in [0.4, 0.5) is 8.78 Å². The van der Waals surface area contributed by atoms with Gasteiger partial charge in [-0.1, -0.05) is 59.8 Å². The second-order valence-corrected chi connectivity index (χ2v) is 10.9. The summed E-state index contributed by atoms with van der Waals surface area (Å²) in [7, 11) is 0. The molecule has 0 unspecified atom stereocenters. The van der Waals surface area contributed by atoms with E-state index in [0.717, 1.165) is 5.56 Å². The smallest absolute Gasteiger partial charge is 0.292 e. The second kappa shape index (κ2) is 10.9. The molecule has 3 aromatic carbocycles. The lowest BCUT2D eigenvalue weighted by Gasteiger charge is -2.51. The topological polar surface area (TPSA) is 86.9 Å². The SMILES string of the molecule is O=C(c1cc(-c2ccccc2F)no1)N1CCC[C@]2(C[C@@H](O)[C@H](c3ccccc3)N(Cc3cccc(F)c3)C2=O)C1. The van der Waals surface area contributed by atoms with Crippen LogP contribution < -0.4 is 0 Å². The third kappa shape index (κ3) is 5.13. The molecule has 210 valence electrons. The number of likely N-dealkylation sites (tertiary alicyclic amines) is 2. The van der Waals surface area contributed by atoms with Gasteiger partial charge in [-0.2, -0.15) is 0 Å². The molecule has 2 aliphatic rings. The fourth-order valence-corrected chi connectivity index (χ4v) is 6.27. The zero-order valence-corrected chi connectivity index (χ0v) is 22.2. The summed E-state index contributed by atoms with van der Waals surface area (Å²) in [6.07, 6.45) is 0.301. The Bertz CT molecular complexity index is 1580. The maximum Gasteiger partial charge on any atom is 0.292 e. The molecule has 6 rings (SSSR count). The third-order valence-corrected chi connectivity index (χ3v) is 8.13. The molecule has 0 radical (unpaired) electrons. The molecule has 2 amide bonds. The van der Waals surface area contributed by atoms with E-state index in [4.69, 9.17) is 4.52 Å². The predicted molar refractivity (Wildman–Crippen MR) is 146 cm³/mol. The van der Waals surface area contributed by atoms with Crippen LogP contribution in [0.1, 0.15) is 47.0 Å². The largest absolute Gasteiger partial charge is 0.391 e. The maximum atomic E-state index is 14.4. The number of amides is 2. The first-order valence-electron chi connectivity index (χ1n) is 13.6. The van der Waals surface area contributed by atoms with Crippen molar-refractivity contribution in [3.63, 3.8) is 0 Å². The van der Waals surface area contributed by atoms with Crippen molar-refractivity contribution in [1.82, 2.24) is 15.0 Å². The number of halogens is 2. The van der Waals surface area contributed by atoms with Crippen LogP contribution >= 0.6 is 0 Å². The third-order valence-electron chi connectivity index (χ3n) is 8.13. The summed E-state index contributed by atoms with van der Waals surface area (Å²) in [4.78, 5) is 31.0. The van der Waals surface area contributed by atoms with E-state index in [-0.39, 0.29) is 42.4 Å². The van der Waals surface area contributed by atoms with Gasteiger partial charge in [-0.05, 0) is 54.7 Å². The summed E-state index contributed by atoms with van der Waals surface area (Å²) in [6.45, 7) is 0.585. The van der Waals surface area contributed by atoms with Crippen molar-refractivity contribution in [2.45, 2.75) is 38.0 Å². The number of aliphatic hydroxyl groups is 1. The lowest BCUT2D eigenvalue weighted by molar-refractivity contribution is -0.165. The van der Waals surface area contributed by atoms with Gasteiger partial charge in [0.15, 0.2) is 0 Å². The van der Waals surface area contributed by atoms with E-state index in [2.05, 4.69) is 5.16 Å². The van der Waals surface area contributed by atoms with Crippen molar-refractivity contribution in [2.24, 2.45) is 5.41 Å². The molecule has 2 fully saturated rings. The number of hydrogen-bond donors (Lipinski definition) is 1. The molecular weight excluding hydrogens is 528 g/mol. The van der Waals surface area contributed by atoms with Crippen LogP contribution in [-0.4, -0.2) is 51.1 Å². The van der Waals surface area contributed by atoms with Crippen molar-refractivity contribution < 1.29 is 28.0 Å². The fourth-order valence-electron chi connectivity index (χ4n) is 6.27. The lowest BCUT2D eigenvalue weighted by atomic mass is 9.69. The van der Waals surface area contributed by atoms with E-state index in [0.29, 0.717) is 24.9 Å². The van der Waals surface area contributed by atoms with Gasteiger partial charge in [-0.15, -0.1) is 0 Å². The number of piperidine rings is 2. The monoisotopic (exact) mass is 557 g/mol. The molecule has 3 atom stereocenters. The number of benzene rings is 3. The van der Waals surface area contributed by atoms with E-state index < -0.39 is 35.1 Å². The van der Waals surface area contributed by atoms with Gasteiger partial charge in [0, 0.05) is 31.3 Å². The average Bonchev–Trinajstić information content (AvgIpc) is 3.46. The van der Waals surface area contributed by atoms with Crippen molar-refractivity contribution in [3.05, 3.63) is 113 Å². The Balaban J connectivity index is 1.29. The van der Waals surface area contributed by atoms with Gasteiger partial charge in [0.2, 0.25) is 11.7 Å². The number of carbonyl (C=O) groups excluding carboxylic acids is 2. The van der Waals surface area contributed by atoms with Crippen LogP contribution in [0.5, 0.6) is 0 Å². The lowest BCUT2D eigenvalue weighted by Crippen LogP contribution is -2.61. The van der Waals surface area contributed by atoms with Crippen molar-refractivity contribution in [1.29, 1.82) is 0 Å². The van der Waals surface area contributed by atoms with Gasteiger partial charge in [-0.3, -0.25) is 9.59 Å². The highest BCUT2D eigenvalue weighted by atomic mass is 19.1. The Morgan fingerprint density at radius 2 is 1.80 bits per heavy atom. The number of hydrogen-bond acceptors (Lipinski definition) is 5. The summed E-state index contributed by atoms with van der Waals surface area (Å²) in [6, 6.07) is 22.2. The van der Waals surface area contributed by atoms with Gasteiger partial charge < -0.3 is 19.4 Å². The van der Waals surface area contributed by atoms with Gasteiger partial charge in [0.1, 0.15) is 17.3 Å². The number of carbonyl (C=O) groups is 2. The van der Waals surface area contributed by atoms with Crippen LogP contribution in [0.15, 0.2) is 89.5 Å². The van der Waals surface area contributed by atoms with Crippen molar-refractivity contribution >= 4 is 11.8 Å². The minimum Gasteiger partial charge on any atom is -0.391 e. The summed E-state index contributed by atoms with van der Waals surface area (Å²) in [5.74, 6) is -1.59. The molecule has 1 spiro atoms. The maximum absolute atomic E-state index is 14.4. The molecule has 0 aliphatic carbocycles. The normalized spacial score (nSPS) is 22.8. The van der Waals surface area contributed by atoms with Crippen LogP contribution in [0.3, 0.4) is 0 Å². The molecule has 2 saturated heterocycles. The molecule has 1 N–H and O–H groups in total. The van der Waals surface area contributed by atoms with Gasteiger partial charge in [0.25, 0.3) is 5.91 Å². The van der Waals surface area contributed by atoms with Gasteiger partial charge in [-0.25, -0.2) is 8.78 Å². The highest BCUT2D eigenvalue weighted by Crippen LogP contribution is 2.46. The summed E-state index contributed by atoms with van der Waals surface area (Å²) >= 11 is 0. The second-order valence-electron chi connectivity index (χ2n) is 10.9. The summed E-state index contributed by atoms with van der Waals surface area (Å²) < 4.78 is 33.6. The summed E-state index contributed by atoms with van der Waals surface area (Å²) in [5.41, 5.74) is 0.783. The van der Waals surface area contributed by atoms with Crippen LogP contribution in [0, 0.1) is 17.0 Å². The minimum atomic E-state index is -1.03. The number of aromatic nitrogens is 1. The predicted octanol–water partition coefficient (Wildman–Crippen LogP) is 5.38. The summed E-state index contributed by atoms with van der Waals surface area (Å²) in [5, 5.41) is 15.4. The fraction of sp³-hybridized carbons (Fsp3) is 0.281. The van der Waals surface area contributed by atoms with E-state index in [9.17, 15) is 23.5 Å². The molecule has 2 aliphatic heterocycles. The Hall–Kier alpha value is -4.37. The molecular formula is C32H29F2N3O4. The molecule has 0 bridgehead atoms. The highest BCUT2D eigenvalue weighted by molar-refractivity contribution is 5.93. The number of nitrogens with zero attached hydrogens (tertiary/aromatic N) is 3. The molecule has 0 saturated carbocycles. The zero-order valence-electron chi connectivity index (χ0n) is 22.2. The van der Waals surface area contributed by atoms with Crippen molar-refractivity contribution in [3.8, 4) is 11.3 Å². The Labute approximate surface area is 236 Å². The number of rotatable bonds is 5. The molecule has 41 heavy (non-hydrogen) atoms.